The molecule has 0 saturated heterocycles. The molecule has 0 radical (unpaired) electrons. The van der Waals surface area contributed by atoms with E-state index in [1.54, 1.807) is 31.2 Å². The zero-order chi connectivity index (χ0) is 18.2. The van der Waals surface area contributed by atoms with Gasteiger partial charge < -0.3 is 10.1 Å². The summed E-state index contributed by atoms with van der Waals surface area (Å²) < 4.78 is 47.1. The number of hydrogen-bond acceptors (Lipinski definition) is 4. The standard InChI is InChI=1S/C16H15BrF3N3O2/c1-2-25-15(24)11-8-21-23-13(16(18,19)20)7-12(22-14(11)23)9-3-5-10(17)6-4-9/h3-6,8,12-13,22H,2,7H2,1H3. The molecule has 2 aromatic rings. The zero-order valence-electron chi connectivity index (χ0n) is 13.2. The first-order chi connectivity index (χ1) is 11.8. The first kappa shape index (κ1) is 17.8. The molecular weight excluding hydrogens is 403 g/mol. The molecule has 134 valence electrons. The summed E-state index contributed by atoms with van der Waals surface area (Å²) in [6.45, 7) is 1.76. The Morgan fingerprint density at radius 1 is 1.40 bits per heavy atom. The van der Waals surface area contributed by atoms with Gasteiger partial charge in [-0.15, -0.1) is 0 Å². The lowest BCUT2D eigenvalue weighted by atomic mass is 9.96. The van der Waals surface area contributed by atoms with Gasteiger partial charge in [0.15, 0.2) is 6.04 Å². The first-order valence-electron chi connectivity index (χ1n) is 7.64. The summed E-state index contributed by atoms with van der Waals surface area (Å²) in [5.74, 6) is -0.673. The second kappa shape index (κ2) is 6.70. The maximum absolute atomic E-state index is 13.5. The molecule has 2 atom stereocenters. The van der Waals surface area contributed by atoms with E-state index in [2.05, 4.69) is 26.3 Å². The number of benzene rings is 1. The molecule has 0 bridgehead atoms. The van der Waals surface area contributed by atoms with E-state index in [1.165, 1.54) is 0 Å². The predicted molar refractivity (Wildman–Crippen MR) is 88.4 cm³/mol. The Kier molecular flexibility index (Phi) is 4.77. The minimum atomic E-state index is -4.48. The van der Waals surface area contributed by atoms with Crippen molar-refractivity contribution in [1.82, 2.24) is 9.78 Å². The molecule has 0 amide bonds. The average Bonchev–Trinajstić information content (AvgIpc) is 2.97. The summed E-state index contributed by atoms with van der Waals surface area (Å²) in [7, 11) is 0. The molecule has 0 spiro atoms. The van der Waals surface area contributed by atoms with Crippen LogP contribution in [-0.4, -0.2) is 28.5 Å². The smallest absolute Gasteiger partial charge is 0.410 e. The lowest BCUT2D eigenvalue weighted by Crippen LogP contribution is -2.36. The van der Waals surface area contributed by atoms with Gasteiger partial charge >= 0.3 is 12.1 Å². The third kappa shape index (κ3) is 3.51. The molecule has 1 aliphatic rings. The monoisotopic (exact) mass is 417 g/mol. The summed E-state index contributed by atoms with van der Waals surface area (Å²) in [6.07, 6.45) is -3.59. The molecule has 0 saturated carbocycles. The third-order valence-corrected chi connectivity index (χ3v) is 4.53. The lowest BCUT2D eigenvalue weighted by Gasteiger charge is -2.34. The van der Waals surface area contributed by atoms with Gasteiger partial charge in [-0.25, -0.2) is 9.48 Å². The van der Waals surface area contributed by atoms with E-state index in [0.717, 1.165) is 15.4 Å². The highest BCUT2D eigenvalue weighted by atomic mass is 79.9. The number of esters is 1. The van der Waals surface area contributed by atoms with Crippen LogP contribution in [0, 0.1) is 0 Å². The average molecular weight is 418 g/mol. The van der Waals surface area contributed by atoms with Crippen molar-refractivity contribution in [2.45, 2.75) is 31.6 Å². The molecule has 2 heterocycles. The molecule has 0 aliphatic carbocycles. The Hall–Kier alpha value is -2.03. The molecule has 1 aromatic carbocycles. The van der Waals surface area contributed by atoms with E-state index in [0.29, 0.717) is 5.56 Å². The number of nitrogens with zero attached hydrogens (tertiary/aromatic N) is 2. The Morgan fingerprint density at radius 2 is 2.08 bits per heavy atom. The number of fused-ring (bicyclic) bond motifs is 1. The highest BCUT2D eigenvalue weighted by Gasteiger charge is 2.47. The van der Waals surface area contributed by atoms with E-state index >= 15 is 0 Å². The van der Waals surface area contributed by atoms with Crippen molar-refractivity contribution in [2.24, 2.45) is 0 Å². The number of halogens is 4. The number of hydrogen-bond donors (Lipinski definition) is 1. The van der Waals surface area contributed by atoms with E-state index in [-0.39, 0.29) is 24.4 Å². The molecule has 2 unspecified atom stereocenters. The third-order valence-electron chi connectivity index (χ3n) is 4.01. The Balaban J connectivity index is 2.02. The quantitative estimate of drug-likeness (QED) is 0.747. The summed E-state index contributed by atoms with van der Waals surface area (Å²) in [6, 6.07) is 4.59. The fourth-order valence-corrected chi connectivity index (χ4v) is 3.10. The van der Waals surface area contributed by atoms with Crippen LogP contribution in [0.2, 0.25) is 0 Å². The van der Waals surface area contributed by atoms with Crippen LogP contribution < -0.4 is 5.32 Å². The largest absolute Gasteiger partial charge is 0.462 e. The van der Waals surface area contributed by atoms with Crippen molar-refractivity contribution >= 4 is 27.7 Å². The van der Waals surface area contributed by atoms with Crippen LogP contribution in [-0.2, 0) is 4.74 Å². The fraction of sp³-hybridized carbons (Fsp3) is 0.375. The SMILES string of the molecule is CCOC(=O)c1cnn2c1NC(c1ccc(Br)cc1)CC2C(F)(F)F. The molecule has 1 aliphatic heterocycles. The highest BCUT2D eigenvalue weighted by Crippen LogP contribution is 2.44. The van der Waals surface area contributed by atoms with Crippen LogP contribution >= 0.6 is 15.9 Å². The second-order valence-corrected chi connectivity index (χ2v) is 6.53. The fourth-order valence-electron chi connectivity index (χ4n) is 2.83. The highest BCUT2D eigenvalue weighted by molar-refractivity contribution is 9.10. The van der Waals surface area contributed by atoms with Gasteiger partial charge in [-0.3, -0.25) is 0 Å². The number of nitrogens with one attached hydrogen (secondary N) is 1. The van der Waals surface area contributed by atoms with Crippen LogP contribution in [0.3, 0.4) is 0 Å². The van der Waals surface area contributed by atoms with Gasteiger partial charge in [-0.1, -0.05) is 28.1 Å². The van der Waals surface area contributed by atoms with Gasteiger partial charge in [0.25, 0.3) is 0 Å². The molecule has 1 aromatic heterocycles. The Morgan fingerprint density at radius 3 is 2.68 bits per heavy atom. The number of anilines is 1. The van der Waals surface area contributed by atoms with E-state index in [9.17, 15) is 18.0 Å². The van der Waals surface area contributed by atoms with Crippen molar-refractivity contribution in [3.63, 3.8) is 0 Å². The van der Waals surface area contributed by atoms with Crippen molar-refractivity contribution < 1.29 is 22.7 Å². The number of alkyl halides is 3. The van der Waals surface area contributed by atoms with Gasteiger partial charge in [0.1, 0.15) is 11.4 Å². The van der Waals surface area contributed by atoms with Gasteiger partial charge in [0, 0.05) is 10.9 Å². The van der Waals surface area contributed by atoms with Gasteiger partial charge in [0.2, 0.25) is 0 Å². The van der Waals surface area contributed by atoms with Gasteiger partial charge in [-0.05, 0) is 24.6 Å². The topological polar surface area (TPSA) is 56.1 Å². The van der Waals surface area contributed by atoms with Crippen LogP contribution in [0.1, 0.15) is 41.3 Å². The van der Waals surface area contributed by atoms with Crippen LogP contribution in [0.15, 0.2) is 34.9 Å². The van der Waals surface area contributed by atoms with Crippen molar-refractivity contribution in [3.8, 4) is 0 Å². The maximum atomic E-state index is 13.5. The minimum absolute atomic E-state index is 0.00193. The minimum Gasteiger partial charge on any atom is -0.462 e. The summed E-state index contributed by atoms with van der Waals surface area (Å²) >= 11 is 3.30. The number of rotatable bonds is 3. The van der Waals surface area contributed by atoms with E-state index < -0.39 is 24.2 Å². The number of carbonyl (C=O) groups excluding carboxylic acids is 1. The molecule has 0 fully saturated rings. The first-order valence-corrected chi connectivity index (χ1v) is 8.44. The van der Waals surface area contributed by atoms with Crippen molar-refractivity contribution in [1.29, 1.82) is 0 Å². The van der Waals surface area contributed by atoms with Crippen molar-refractivity contribution in [3.05, 3.63) is 46.1 Å². The molecule has 9 heteroatoms. The van der Waals surface area contributed by atoms with Crippen LogP contribution in [0.5, 0.6) is 0 Å². The van der Waals surface area contributed by atoms with Gasteiger partial charge in [0.05, 0.1) is 18.8 Å². The van der Waals surface area contributed by atoms with Crippen molar-refractivity contribution in [2.75, 3.05) is 11.9 Å². The predicted octanol–water partition coefficient (Wildman–Crippen LogP) is 4.48. The summed E-state index contributed by atoms with van der Waals surface area (Å²) in [5, 5.41) is 6.78. The lowest BCUT2D eigenvalue weighted by molar-refractivity contribution is -0.173. The van der Waals surface area contributed by atoms with Gasteiger partial charge in [-0.2, -0.15) is 18.3 Å². The molecule has 25 heavy (non-hydrogen) atoms. The summed E-state index contributed by atoms with van der Waals surface area (Å²) in [4.78, 5) is 12.0. The Labute approximate surface area is 150 Å². The normalized spacial score (nSPS) is 19.9. The molecule has 5 nitrogen and oxygen atoms in total. The molecular formula is C16H15BrF3N3O2. The van der Waals surface area contributed by atoms with Crippen LogP contribution in [0.4, 0.5) is 19.0 Å². The zero-order valence-corrected chi connectivity index (χ0v) is 14.8. The number of ether oxygens (including phenoxy) is 1. The number of aromatic nitrogens is 2. The Bertz CT molecular complexity index is 774. The van der Waals surface area contributed by atoms with Crippen LogP contribution in [0.25, 0.3) is 0 Å². The van der Waals surface area contributed by atoms with E-state index in [1.807, 2.05) is 0 Å². The maximum Gasteiger partial charge on any atom is 0.410 e. The molecule has 1 N–H and O–H groups in total. The van der Waals surface area contributed by atoms with E-state index in [4.69, 9.17) is 4.74 Å². The number of carbonyl (C=O) groups is 1. The molecule has 3 rings (SSSR count). The summed E-state index contributed by atoms with van der Waals surface area (Å²) in [5.41, 5.74) is 0.692. The second-order valence-electron chi connectivity index (χ2n) is 5.61.